The van der Waals surface area contributed by atoms with Crippen LogP contribution in [0, 0.1) is 13.8 Å². The molecule has 0 spiro atoms. The van der Waals surface area contributed by atoms with E-state index < -0.39 is 0 Å². The Morgan fingerprint density at radius 1 is 1.14 bits per heavy atom. The van der Waals surface area contributed by atoms with E-state index in [9.17, 15) is 4.79 Å². The molecule has 29 heavy (non-hydrogen) atoms. The molecule has 3 aromatic rings. The van der Waals surface area contributed by atoms with E-state index in [0.29, 0.717) is 16.4 Å². The van der Waals surface area contributed by atoms with Gasteiger partial charge in [-0.15, -0.1) is 0 Å². The molecule has 0 unspecified atom stereocenters. The summed E-state index contributed by atoms with van der Waals surface area (Å²) in [5, 5.41) is 0.644. The van der Waals surface area contributed by atoms with Crippen molar-refractivity contribution >= 4 is 17.4 Å². The number of anilines is 1. The number of aromatic amines is 1. The van der Waals surface area contributed by atoms with Gasteiger partial charge in [0.05, 0.1) is 5.02 Å². The quantitative estimate of drug-likeness (QED) is 0.699. The van der Waals surface area contributed by atoms with Crippen molar-refractivity contribution in [2.45, 2.75) is 32.8 Å². The van der Waals surface area contributed by atoms with E-state index >= 15 is 0 Å². The van der Waals surface area contributed by atoms with Crippen LogP contribution in [0.1, 0.15) is 24.1 Å². The molecule has 1 fully saturated rings. The fourth-order valence-corrected chi connectivity index (χ4v) is 3.60. The van der Waals surface area contributed by atoms with E-state index in [1.54, 1.807) is 13.1 Å². The Bertz CT molecular complexity index is 1060. The molecule has 0 atom stereocenters. The maximum atomic E-state index is 12.0. The summed E-state index contributed by atoms with van der Waals surface area (Å²) in [5.74, 6) is 2.20. The number of benzene rings is 1. The molecule has 150 valence electrons. The van der Waals surface area contributed by atoms with E-state index in [0.717, 1.165) is 48.8 Å². The molecule has 3 heterocycles. The highest BCUT2D eigenvalue weighted by Crippen LogP contribution is 2.28. The van der Waals surface area contributed by atoms with Crippen molar-refractivity contribution in [2.75, 3.05) is 18.0 Å². The van der Waals surface area contributed by atoms with Crippen molar-refractivity contribution in [2.24, 2.45) is 0 Å². The van der Waals surface area contributed by atoms with Gasteiger partial charge in [0.1, 0.15) is 23.5 Å². The summed E-state index contributed by atoms with van der Waals surface area (Å²) in [6.45, 7) is 5.33. The van der Waals surface area contributed by atoms with Gasteiger partial charge in [-0.1, -0.05) is 23.7 Å². The summed E-state index contributed by atoms with van der Waals surface area (Å²) in [6.07, 6.45) is 3.71. The maximum absolute atomic E-state index is 12.0. The van der Waals surface area contributed by atoms with Crippen LogP contribution in [0.5, 0.6) is 5.75 Å². The molecule has 1 aliphatic heterocycles. The molecular weight excluding hydrogens is 388 g/mol. The minimum absolute atomic E-state index is 0.114. The molecule has 1 aromatic carbocycles. The molecule has 1 saturated heterocycles. The van der Waals surface area contributed by atoms with Crippen molar-refractivity contribution in [3.63, 3.8) is 0 Å². The third-order valence-electron chi connectivity index (χ3n) is 5.31. The number of halogens is 1. The Balaban J connectivity index is 1.41. The van der Waals surface area contributed by atoms with Crippen molar-refractivity contribution in [3.8, 4) is 17.1 Å². The summed E-state index contributed by atoms with van der Waals surface area (Å²) >= 11 is 6.19. The number of H-pyrrole nitrogens is 1. The highest BCUT2D eigenvalue weighted by atomic mass is 35.5. The molecule has 0 amide bonds. The average Bonchev–Trinajstić information content (AvgIpc) is 2.74. The first-order chi connectivity index (χ1) is 14.0. The van der Waals surface area contributed by atoms with Crippen LogP contribution in [-0.2, 0) is 0 Å². The minimum Gasteiger partial charge on any atom is -0.489 e. The van der Waals surface area contributed by atoms with E-state index in [4.69, 9.17) is 16.3 Å². The van der Waals surface area contributed by atoms with Crippen molar-refractivity contribution in [1.82, 2.24) is 15.0 Å². The third-order valence-corrected chi connectivity index (χ3v) is 5.62. The first kappa shape index (κ1) is 19.5. The molecule has 6 nitrogen and oxygen atoms in total. The topological polar surface area (TPSA) is 71.1 Å². The largest absolute Gasteiger partial charge is 0.489 e. The van der Waals surface area contributed by atoms with Crippen LogP contribution in [0.25, 0.3) is 11.4 Å². The zero-order valence-electron chi connectivity index (χ0n) is 16.5. The summed E-state index contributed by atoms with van der Waals surface area (Å²) in [6, 6.07) is 11.5. The second-order valence-corrected chi connectivity index (χ2v) is 7.67. The van der Waals surface area contributed by atoms with Crippen LogP contribution in [-0.4, -0.2) is 34.1 Å². The smallest absolute Gasteiger partial charge is 0.254 e. The molecule has 0 saturated carbocycles. The molecule has 0 bridgehead atoms. The molecule has 1 aliphatic rings. The Morgan fingerprint density at radius 2 is 1.90 bits per heavy atom. The van der Waals surface area contributed by atoms with Crippen LogP contribution in [0.4, 0.5) is 5.82 Å². The van der Waals surface area contributed by atoms with Crippen LogP contribution in [0.15, 0.2) is 47.4 Å². The van der Waals surface area contributed by atoms with Crippen LogP contribution in [0.2, 0.25) is 5.02 Å². The average molecular weight is 411 g/mol. The van der Waals surface area contributed by atoms with Crippen LogP contribution in [0.3, 0.4) is 0 Å². The van der Waals surface area contributed by atoms with Gasteiger partial charge in [-0.3, -0.25) is 4.79 Å². The lowest BCUT2D eigenvalue weighted by atomic mass is 10.1. The number of rotatable bonds is 4. The highest BCUT2D eigenvalue weighted by Gasteiger charge is 2.22. The predicted molar refractivity (Wildman–Crippen MR) is 115 cm³/mol. The SMILES string of the molecule is Cc1nc(-c2ccc(N3CCC(Oc4ccccc4Cl)CC3)nc2)[nH]c(=O)c1C. The van der Waals surface area contributed by atoms with Crippen molar-refractivity contribution in [3.05, 3.63) is 69.2 Å². The number of para-hydroxylation sites is 1. The lowest BCUT2D eigenvalue weighted by Crippen LogP contribution is -2.38. The van der Waals surface area contributed by atoms with Gasteiger partial charge in [0.15, 0.2) is 0 Å². The minimum atomic E-state index is -0.114. The Hall–Kier alpha value is -2.86. The van der Waals surface area contributed by atoms with E-state index in [2.05, 4.69) is 19.9 Å². The summed E-state index contributed by atoms with van der Waals surface area (Å²) in [4.78, 5) is 26.1. The predicted octanol–water partition coefficient (Wildman–Crippen LogP) is 4.15. The first-order valence-electron chi connectivity index (χ1n) is 9.71. The number of piperidine rings is 1. The summed E-state index contributed by atoms with van der Waals surface area (Å²) in [5.41, 5.74) is 2.05. The van der Waals surface area contributed by atoms with Gasteiger partial charge in [-0.05, 0) is 38.1 Å². The molecule has 0 aliphatic carbocycles. The second-order valence-electron chi connectivity index (χ2n) is 7.26. The number of aromatic nitrogens is 3. The van der Waals surface area contributed by atoms with Gasteiger partial charge in [0.25, 0.3) is 5.56 Å². The number of ether oxygens (including phenoxy) is 1. The molecule has 7 heteroatoms. The van der Waals surface area contributed by atoms with Gasteiger partial charge in [-0.2, -0.15) is 0 Å². The van der Waals surface area contributed by atoms with Gasteiger partial charge < -0.3 is 14.6 Å². The monoisotopic (exact) mass is 410 g/mol. The Kier molecular flexibility index (Phi) is 5.53. The maximum Gasteiger partial charge on any atom is 0.254 e. The van der Waals surface area contributed by atoms with E-state index in [1.165, 1.54) is 0 Å². The van der Waals surface area contributed by atoms with Gasteiger partial charge in [-0.25, -0.2) is 9.97 Å². The summed E-state index contributed by atoms with van der Waals surface area (Å²) < 4.78 is 6.06. The van der Waals surface area contributed by atoms with E-state index in [1.807, 2.05) is 43.3 Å². The second kappa shape index (κ2) is 8.25. The Morgan fingerprint density at radius 3 is 2.55 bits per heavy atom. The zero-order valence-corrected chi connectivity index (χ0v) is 17.2. The number of nitrogens with one attached hydrogen (secondary N) is 1. The van der Waals surface area contributed by atoms with Crippen LogP contribution >= 0.6 is 11.6 Å². The zero-order chi connectivity index (χ0) is 20.4. The molecule has 2 aromatic heterocycles. The Labute approximate surface area is 174 Å². The third kappa shape index (κ3) is 4.27. The summed E-state index contributed by atoms with van der Waals surface area (Å²) in [7, 11) is 0. The highest BCUT2D eigenvalue weighted by molar-refractivity contribution is 6.32. The standard InChI is InChI=1S/C22H23ClN4O2/c1-14-15(2)25-21(26-22(14)28)16-7-8-20(24-13-16)27-11-9-17(10-12-27)29-19-6-4-3-5-18(19)23/h3-8,13,17H,9-12H2,1-2H3,(H,25,26,28). The number of hydrogen-bond donors (Lipinski definition) is 1. The van der Waals surface area contributed by atoms with Gasteiger partial charge in [0, 0.05) is 48.9 Å². The van der Waals surface area contributed by atoms with Crippen LogP contribution < -0.4 is 15.2 Å². The molecule has 1 N–H and O–H groups in total. The number of hydrogen-bond acceptors (Lipinski definition) is 5. The van der Waals surface area contributed by atoms with Crippen molar-refractivity contribution in [1.29, 1.82) is 0 Å². The number of pyridine rings is 1. The molecular formula is C22H23ClN4O2. The van der Waals surface area contributed by atoms with Gasteiger partial charge >= 0.3 is 0 Å². The number of nitrogens with zero attached hydrogens (tertiary/aromatic N) is 3. The molecule has 4 rings (SSSR count). The fraction of sp³-hybridized carbons (Fsp3) is 0.318. The lowest BCUT2D eigenvalue weighted by molar-refractivity contribution is 0.171. The number of aryl methyl sites for hydroxylation is 1. The molecule has 0 radical (unpaired) electrons. The normalized spacial score (nSPS) is 14.8. The first-order valence-corrected chi connectivity index (χ1v) is 10.1. The lowest BCUT2D eigenvalue weighted by Gasteiger charge is -2.33. The van der Waals surface area contributed by atoms with E-state index in [-0.39, 0.29) is 11.7 Å². The van der Waals surface area contributed by atoms with Crippen molar-refractivity contribution < 1.29 is 4.74 Å². The fourth-order valence-electron chi connectivity index (χ4n) is 3.42. The van der Waals surface area contributed by atoms with Gasteiger partial charge in [0.2, 0.25) is 0 Å².